The van der Waals surface area contributed by atoms with E-state index in [2.05, 4.69) is 22.4 Å². The summed E-state index contributed by atoms with van der Waals surface area (Å²) in [6.45, 7) is 4.34. The van der Waals surface area contributed by atoms with Crippen LogP contribution >= 0.6 is 0 Å². The van der Waals surface area contributed by atoms with Gasteiger partial charge in [0.25, 0.3) is 0 Å². The van der Waals surface area contributed by atoms with E-state index in [9.17, 15) is 14.4 Å². The lowest BCUT2D eigenvalue weighted by molar-refractivity contribution is -0.138. The van der Waals surface area contributed by atoms with Gasteiger partial charge in [-0.25, -0.2) is 4.79 Å². The molecule has 3 aromatic rings. The average molecular weight is 478 g/mol. The van der Waals surface area contributed by atoms with Crippen molar-refractivity contribution < 1.29 is 9.59 Å². The molecule has 1 atom stereocenters. The summed E-state index contributed by atoms with van der Waals surface area (Å²) in [6.07, 6.45) is 3.50. The van der Waals surface area contributed by atoms with E-state index in [0.29, 0.717) is 32.4 Å². The maximum atomic E-state index is 13.5. The molecule has 0 unspecified atom stereocenters. The van der Waals surface area contributed by atoms with Crippen molar-refractivity contribution in [3.8, 4) is 0 Å². The van der Waals surface area contributed by atoms with E-state index in [0.717, 1.165) is 23.9 Å². The number of aromatic nitrogens is 2. The molecular formula is C27H35N5O3. The Balaban J connectivity index is 1.42. The summed E-state index contributed by atoms with van der Waals surface area (Å²) >= 11 is 0. The Morgan fingerprint density at radius 2 is 1.74 bits per heavy atom. The van der Waals surface area contributed by atoms with Crippen LogP contribution in [0.5, 0.6) is 0 Å². The summed E-state index contributed by atoms with van der Waals surface area (Å²) in [5, 5.41) is 2.90. The molecule has 0 spiro atoms. The molecule has 0 aliphatic carbocycles. The SMILES string of the molecule is CC(C)(N)C(=O)N[C@H](CCCc1ccccc1)C(=O)N1CCC(n2c(=O)[nH]c3ccccc32)CC1. The van der Waals surface area contributed by atoms with Crippen LogP contribution in [0, 0.1) is 0 Å². The number of nitrogens with one attached hydrogen (secondary N) is 2. The van der Waals surface area contributed by atoms with Crippen LogP contribution in [-0.2, 0) is 16.0 Å². The van der Waals surface area contributed by atoms with Crippen LogP contribution in [0.1, 0.15) is 51.1 Å². The van der Waals surface area contributed by atoms with Crippen molar-refractivity contribution in [3.05, 3.63) is 70.6 Å². The normalized spacial score (nSPS) is 15.8. The molecule has 4 N–H and O–H groups in total. The Labute approximate surface area is 205 Å². The number of benzene rings is 2. The number of amides is 2. The largest absolute Gasteiger partial charge is 0.343 e. The van der Waals surface area contributed by atoms with Crippen LogP contribution in [0.25, 0.3) is 11.0 Å². The van der Waals surface area contributed by atoms with Gasteiger partial charge in [-0.3, -0.25) is 14.2 Å². The molecule has 1 aliphatic rings. The fourth-order valence-electron chi connectivity index (χ4n) is 4.76. The number of piperidine rings is 1. The topological polar surface area (TPSA) is 113 Å². The van der Waals surface area contributed by atoms with Gasteiger partial charge in [-0.1, -0.05) is 42.5 Å². The Hall–Kier alpha value is -3.39. The Kier molecular flexibility index (Phi) is 7.40. The second-order valence-electron chi connectivity index (χ2n) is 10.00. The quantitative estimate of drug-likeness (QED) is 0.463. The van der Waals surface area contributed by atoms with E-state index in [1.165, 1.54) is 5.56 Å². The van der Waals surface area contributed by atoms with Crippen molar-refractivity contribution in [2.75, 3.05) is 13.1 Å². The van der Waals surface area contributed by atoms with Gasteiger partial charge in [0.05, 0.1) is 16.6 Å². The van der Waals surface area contributed by atoms with Crippen molar-refractivity contribution >= 4 is 22.8 Å². The number of para-hydroxylation sites is 2. The zero-order valence-electron chi connectivity index (χ0n) is 20.5. The molecule has 1 saturated heterocycles. The smallest absolute Gasteiger partial charge is 0.326 e. The molecular weight excluding hydrogens is 442 g/mol. The zero-order chi connectivity index (χ0) is 25.0. The van der Waals surface area contributed by atoms with E-state index in [4.69, 9.17) is 5.73 Å². The third-order valence-corrected chi connectivity index (χ3v) is 6.76. The molecule has 2 heterocycles. The van der Waals surface area contributed by atoms with Crippen molar-refractivity contribution in [2.45, 2.75) is 63.6 Å². The average Bonchev–Trinajstić information content (AvgIpc) is 3.18. The summed E-state index contributed by atoms with van der Waals surface area (Å²) in [5.74, 6) is -0.420. The number of likely N-dealkylation sites (tertiary alicyclic amines) is 1. The highest BCUT2D eigenvalue weighted by atomic mass is 16.2. The highest BCUT2D eigenvalue weighted by molar-refractivity contribution is 5.91. The molecule has 35 heavy (non-hydrogen) atoms. The molecule has 0 radical (unpaired) electrons. The second kappa shape index (κ2) is 10.5. The molecule has 8 nitrogen and oxygen atoms in total. The van der Waals surface area contributed by atoms with Crippen molar-refractivity contribution in [1.29, 1.82) is 0 Å². The second-order valence-corrected chi connectivity index (χ2v) is 10.00. The predicted molar refractivity (Wildman–Crippen MR) is 137 cm³/mol. The fourth-order valence-corrected chi connectivity index (χ4v) is 4.76. The molecule has 2 amide bonds. The Morgan fingerprint density at radius 3 is 2.43 bits per heavy atom. The first kappa shape index (κ1) is 24.7. The van der Waals surface area contributed by atoms with Gasteiger partial charge in [0.1, 0.15) is 6.04 Å². The van der Waals surface area contributed by atoms with Gasteiger partial charge in [0.2, 0.25) is 11.8 Å². The highest BCUT2D eigenvalue weighted by Gasteiger charge is 2.33. The lowest BCUT2D eigenvalue weighted by Gasteiger charge is -2.35. The van der Waals surface area contributed by atoms with Crippen LogP contribution in [-0.4, -0.2) is 50.9 Å². The van der Waals surface area contributed by atoms with E-state index in [1.807, 2.05) is 51.9 Å². The first-order chi connectivity index (χ1) is 16.7. The Bertz CT molecular complexity index is 1220. The van der Waals surface area contributed by atoms with E-state index in [-0.39, 0.29) is 23.5 Å². The third kappa shape index (κ3) is 5.82. The number of H-pyrrole nitrogens is 1. The molecule has 186 valence electrons. The number of aromatic amines is 1. The van der Waals surface area contributed by atoms with Crippen LogP contribution in [0.15, 0.2) is 59.4 Å². The number of hydrogen-bond donors (Lipinski definition) is 3. The van der Waals surface area contributed by atoms with E-state index in [1.54, 1.807) is 13.8 Å². The number of rotatable bonds is 8. The molecule has 2 aromatic carbocycles. The minimum Gasteiger partial charge on any atom is -0.343 e. The molecule has 4 rings (SSSR count). The zero-order valence-corrected chi connectivity index (χ0v) is 20.5. The molecule has 1 aromatic heterocycles. The minimum atomic E-state index is -1.07. The van der Waals surface area contributed by atoms with Gasteiger partial charge in [0.15, 0.2) is 0 Å². The van der Waals surface area contributed by atoms with Crippen molar-refractivity contribution in [2.24, 2.45) is 5.73 Å². The van der Waals surface area contributed by atoms with Crippen LogP contribution < -0.4 is 16.7 Å². The van der Waals surface area contributed by atoms with Crippen LogP contribution in [0.2, 0.25) is 0 Å². The number of fused-ring (bicyclic) bond motifs is 1. The van der Waals surface area contributed by atoms with Gasteiger partial charge in [-0.05, 0) is 63.6 Å². The summed E-state index contributed by atoms with van der Waals surface area (Å²) in [7, 11) is 0. The maximum Gasteiger partial charge on any atom is 0.326 e. The summed E-state index contributed by atoms with van der Waals surface area (Å²) in [4.78, 5) is 43.4. The van der Waals surface area contributed by atoms with Gasteiger partial charge >= 0.3 is 5.69 Å². The summed E-state index contributed by atoms with van der Waals surface area (Å²) in [6, 6.07) is 17.2. The molecule has 1 aliphatic heterocycles. The van der Waals surface area contributed by atoms with Gasteiger partial charge in [-0.2, -0.15) is 0 Å². The van der Waals surface area contributed by atoms with Gasteiger partial charge in [-0.15, -0.1) is 0 Å². The predicted octanol–water partition coefficient (Wildman–Crippen LogP) is 2.74. The molecule has 0 saturated carbocycles. The van der Waals surface area contributed by atoms with Gasteiger partial charge in [0, 0.05) is 19.1 Å². The number of nitrogens with two attached hydrogens (primary N) is 1. The standard InChI is InChI=1S/C27H35N5O3/c1-27(2,28)25(34)29-22(13-8-11-19-9-4-3-5-10-19)24(33)31-17-15-20(16-18-31)32-23-14-7-6-12-21(23)30-26(32)35/h3-7,9-10,12,14,20,22H,8,11,13,15-18,28H2,1-2H3,(H,29,34)(H,30,35)/t22-/m1/s1. The number of imidazole rings is 1. The van der Waals surface area contributed by atoms with Crippen molar-refractivity contribution in [1.82, 2.24) is 19.8 Å². The number of nitrogens with zero attached hydrogens (tertiary/aromatic N) is 2. The summed E-state index contributed by atoms with van der Waals surface area (Å²) < 4.78 is 1.81. The fraction of sp³-hybridized carbons (Fsp3) is 0.444. The third-order valence-electron chi connectivity index (χ3n) is 6.76. The van der Waals surface area contributed by atoms with Crippen LogP contribution in [0.3, 0.4) is 0 Å². The number of aryl methyl sites for hydroxylation is 1. The molecule has 8 heteroatoms. The first-order valence-corrected chi connectivity index (χ1v) is 12.4. The summed E-state index contributed by atoms with van der Waals surface area (Å²) in [5.41, 5.74) is 7.71. The van der Waals surface area contributed by atoms with E-state index >= 15 is 0 Å². The maximum absolute atomic E-state index is 13.5. The van der Waals surface area contributed by atoms with Crippen molar-refractivity contribution in [3.63, 3.8) is 0 Å². The first-order valence-electron chi connectivity index (χ1n) is 12.4. The Morgan fingerprint density at radius 1 is 1.09 bits per heavy atom. The lowest BCUT2D eigenvalue weighted by Crippen LogP contribution is -2.57. The number of carbonyl (C=O) groups excluding carboxylic acids is 2. The van der Waals surface area contributed by atoms with Gasteiger partial charge < -0.3 is 20.9 Å². The number of carbonyl (C=O) groups is 2. The molecule has 1 fully saturated rings. The number of hydrogen-bond acceptors (Lipinski definition) is 4. The molecule has 0 bridgehead atoms. The van der Waals surface area contributed by atoms with Crippen LogP contribution in [0.4, 0.5) is 0 Å². The monoisotopic (exact) mass is 477 g/mol. The lowest BCUT2D eigenvalue weighted by atomic mass is 9.99. The highest BCUT2D eigenvalue weighted by Crippen LogP contribution is 2.25. The van der Waals surface area contributed by atoms with E-state index < -0.39 is 11.6 Å². The minimum absolute atomic E-state index is 0.0248.